The van der Waals surface area contributed by atoms with Gasteiger partial charge in [0.05, 0.1) is 0 Å². The zero-order valence-electron chi connectivity index (χ0n) is 8.59. The Morgan fingerprint density at radius 1 is 1.31 bits per heavy atom. The normalized spacial score (nSPS) is 12.9. The van der Waals surface area contributed by atoms with Gasteiger partial charge in [-0.2, -0.15) is 0 Å². The van der Waals surface area contributed by atoms with Crippen LogP contribution in [0, 0.1) is 13.8 Å². The lowest BCUT2D eigenvalue weighted by atomic mass is 9.98. The fraction of sp³-hybridized carbons (Fsp3) is 0.455. The molecule has 13 heavy (non-hydrogen) atoms. The molecule has 0 aromatic heterocycles. The zero-order chi connectivity index (χ0) is 10.0. The molecule has 0 fully saturated rings. The van der Waals surface area contributed by atoms with E-state index >= 15 is 0 Å². The van der Waals surface area contributed by atoms with E-state index in [0.717, 1.165) is 23.2 Å². The molecule has 2 heteroatoms. The van der Waals surface area contributed by atoms with E-state index in [0.29, 0.717) is 0 Å². The first-order chi connectivity index (χ1) is 6.06. The van der Waals surface area contributed by atoms with Gasteiger partial charge in [0.15, 0.2) is 0 Å². The van der Waals surface area contributed by atoms with Crippen molar-refractivity contribution in [3.05, 3.63) is 28.8 Å². The van der Waals surface area contributed by atoms with Crippen molar-refractivity contribution in [1.29, 1.82) is 0 Å². The van der Waals surface area contributed by atoms with Gasteiger partial charge in [0.1, 0.15) is 0 Å². The summed E-state index contributed by atoms with van der Waals surface area (Å²) >= 11 is 0. The summed E-state index contributed by atoms with van der Waals surface area (Å²) in [6.45, 7) is 6.16. The molecule has 0 bridgehead atoms. The molecule has 1 unspecified atom stereocenters. The molecule has 0 aliphatic heterocycles. The van der Waals surface area contributed by atoms with Crippen LogP contribution in [-0.2, 0) is 0 Å². The maximum atomic E-state index is 5.95. The summed E-state index contributed by atoms with van der Waals surface area (Å²) in [5.41, 5.74) is 16.2. The van der Waals surface area contributed by atoms with Crippen LogP contribution >= 0.6 is 0 Å². The van der Waals surface area contributed by atoms with Crippen LogP contribution in [0.25, 0.3) is 0 Å². The molecule has 1 aromatic carbocycles. The van der Waals surface area contributed by atoms with E-state index in [2.05, 4.69) is 26.0 Å². The molecule has 4 N–H and O–H groups in total. The van der Waals surface area contributed by atoms with Gasteiger partial charge < -0.3 is 11.5 Å². The maximum Gasteiger partial charge on any atom is 0.0392 e. The fourth-order valence-electron chi connectivity index (χ4n) is 1.54. The molecule has 0 aliphatic carbocycles. The molecule has 1 atom stereocenters. The van der Waals surface area contributed by atoms with Gasteiger partial charge in [0, 0.05) is 11.7 Å². The van der Waals surface area contributed by atoms with E-state index in [4.69, 9.17) is 11.5 Å². The van der Waals surface area contributed by atoms with E-state index in [1.165, 1.54) is 5.56 Å². The molecular weight excluding hydrogens is 160 g/mol. The molecule has 0 radical (unpaired) electrons. The molecule has 72 valence electrons. The molecule has 0 spiro atoms. The smallest absolute Gasteiger partial charge is 0.0392 e. The van der Waals surface area contributed by atoms with Crippen molar-refractivity contribution in [2.24, 2.45) is 5.73 Å². The number of aryl methyl sites for hydroxylation is 2. The van der Waals surface area contributed by atoms with Gasteiger partial charge in [-0.25, -0.2) is 0 Å². The summed E-state index contributed by atoms with van der Waals surface area (Å²) in [4.78, 5) is 0. The second kappa shape index (κ2) is 3.79. The minimum absolute atomic E-state index is 0.0681. The first-order valence-corrected chi connectivity index (χ1v) is 4.68. The third-order valence-electron chi connectivity index (χ3n) is 2.40. The average Bonchev–Trinajstić information content (AvgIpc) is 2.10. The molecule has 2 nitrogen and oxygen atoms in total. The van der Waals surface area contributed by atoms with E-state index < -0.39 is 0 Å². The molecule has 1 rings (SSSR count). The Kier molecular flexibility index (Phi) is 2.94. The number of nitrogens with two attached hydrogens (primary N) is 2. The van der Waals surface area contributed by atoms with Gasteiger partial charge in [0.25, 0.3) is 0 Å². The summed E-state index contributed by atoms with van der Waals surface area (Å²) in [6, 6.07) is 4.23. The van der Waals surface area contributed by atoms with Crippen LogP contribution in [0.4, 0.5) is 5.69 Å². The lowest BCUT2D eigenvalue weighted by Crippen LogP contribution is -2.12. The van der Waals surface area contributed by atoms with E-state index in [9.17, 15) is 0 Å². The Morgan fingerprint density at radius 2 is 1.92 bits per heavy atom. The van der Waals surface area contributed by atoms with Crippen LogP contribution in [0.5, 0.6) is 0 Å². The molecule has 0 heterocycles. The molecular formula is C11H18N2. The van der Waals surface area contributed by atoms with Crippen LogP contribution < -0.4 is 11.5 Å². The number of hydrogen-bond acceptors (Lipinski definition) is 2. The zero-order valence-corrected chi connectivity index (χ0v) is 8.59. The largest absolute Gasteiger partial charge is 0.398 e. The highest BCUT2D eigenvalue weighted by molar-refractivity contribution is 5.56. The Bertz CT molecular complexity index is 305. The van der Waals surface area contributed by atoms with Gasteiger partial charge in [0.2, 0.25) is 0 Å². The number of nitrogen functional groups attached to an aromatic ring is 1. The number of rotatable bonds is 2. The van der Waals surface area contributed by atoms with Crippen LogP contribution in [0.1, 0.15) is 36.1 Å². The van der Waals surface area contributed by atoms with Gasteiger partial charge in [-0.05, 0) is 31.4 Å². The lowest BCUT2D eigenvalue weighted by Gasteiger charge is -2.15. The van der Waals surface area contributed by atoms with Gasteiger partial charge >= 0.3 is 0 Å². The Morgan fingerprint density at radius 3 is 2.46 bits per heavy atom. The van der Waals surface area contributed by atoms with E-state index in [-0.39, 0.29) is 6.04 Å². The predicted octanol–water partition coefficient (Wildman–Crippen LogP) is 2.30. The number of anilines is 1. The van der Waals surface area contributed by atoms with E-state index in [1.807, 2.05) is 6.92 Å². The highest BCUT2D eigenvalue weighted by Gasteiger charge is 2.09. The lowest BCUT2D eigenvalue weighted by molar-refractivity contribution is 0.699. The Hall–Kier alpha value is -1.02. The standard InChI is InChI=1S/C11H18N2/c1-4-10(12)9-6-7(2)5-8(3)11(9)13/h5-6,10H,4,12-13H2,1-3H3. The quantitative estimate of drug-likeness (QED) is 0.683. The molecule has 0 amide bonds. The Balaban J connectivity index is 3.20. The summed E-state index contributed by atoms with van der Waals surface area (Å²) in [5.74, 6) is 0. The molecule has 0 saturated carbocycles. The minimum Gasteiger partial charge on any atom is -0.398 e. The van der Waals surface area contributed by atoms with Crippen LogP contribution in [-0.4, -0.2) is 0 Å². The number of benzene rings is 1. The van der Waals surface area contributed by atoms with Crippen molar-refractivity contribution in [1.82, 2.24) is 0 Å². The third-order valence-corrected chi connectivity index (χ3v) is 2.40. The highest BCUT2D eigenvalue weighted by Crippen LogP contribution is 2.25. The van der Waals surface area contributed by atoms with Crippen molar-refractivity contribution in [2.45, 2.75) is 33.2 Å². The maximum absolute atomic E-state index is 5.95. The van der Waals surface area contributed by atoms with Crippen LogP contribution in [0.3, 0.4) is 0 Å². The van der Waals surface area contributed by atoms with Crippen molar-refractivity contribution in [3.63, 3.8) is 0 Å². The topological polar surface area (TPSA) is 52.0 Å². The monoisotopic (exact) mass is 178 g/mol. The molecule has 0 aliphatic rings. The minimum atomic E-state index is 0.0681. The second-order valence-electron chi connectivity index (χ2n) is 3.60. The molecule has 1 aromatic rings. The van der Waals surface area contributed by atoms with Gasteiger partial charge in [-0.3, -0.25) is 0 Å². The third kappa shape index (κ3) is 2.01. The van der Waals surface area contributed by atoms with Crippen molar-refractivity contribution in [2.75, 3.05) is 5.73 Å². The first-order valence-electron chi connectivity index (χ1n) is 4.68. The Labute approximate surface area is 79.9 Å². The molecule has 0 saturated heterocycles. The second-order valence-corrected chi connectivity index (χ2v) is 3.60. The average molecular weight is 178 g/mol. The van der Waals surface area contributed by atoms with Crippen molar-refractivity contribution < 1.29 is 0 Å². The highest BCUT2D eigenvalue weighted by atomic mass is 14.7. The van der Waals surface area contributed by atoms with Crippen LogP contribution in [0.2, 0.25) is 0 Å². The first kappa shape index (κ1) is 10.1. The predicted molar refractivity (Wildman–Crippen MR) is 57.5 cm³/mol. The van der Waals surface area contributed by atoms with E-state index in [1.54, 1.807) is 0 Å². The summed E-state index contributed by atoms with van der Waals surface area (Å²) in [6.07, 6.45) is 0.924. The van der Waals surface area contributed by atoms with Gasteiger partial charge in [-0.1, -0.05) is 24.6 Å². The van der Waals surface area contributed by atoms with Gasteiger partial charge in [-0.15, -0.1) is 0 Å². The van der Waals surface area contributed by atoms with Crippen molar-refractivity contribution >= 4 is 5.69 Å². The summed E-state index contributed by atoms with van der Waals surface area (Å²) in [7, 11) is 0. The summed E-state index contributed by atoms with van der Waals surface area (Å²) < 4.78 is 0. The summed E-state index contributed by atoms with van der Waals surface area (Å²) in [5, 5.41) is 0. The number of hydrogen-bond donors (Lipinski definition) is 2. The van der Waals surface area contributed by atoms with Crippen LogP contribution in [0.15, 0.2) is 12.1 Å². The SMILES string of the molecule is CCC(N)c1cc(C)cc(C)c1N. The fourth-order valence-corrected chi connectivity index (χ4v) is 1.54. The van der Waals surface area contributed by atoms with Crippen molar-refractivity contribution in [3.8, 4) is 0 Å².